The zero-order valence-corrected chi connectivity index (χ0v) is 14.6. The third-order valence-electron chi connectivity index (χ3n) is 3.65. The Morgan fingerprint density at radius 2 is 1.68 bits per heavy atom. The van der Waals surface area contributed by atoms with Crippen molar-refractivity contribution in [1.29, 1.82) is 0 Å². The van der Waals surface area contributed by atoms with Gasteiger partial charge in [0.05, 0.1) is 17.1 Å². The first-order valence-electron chi connectivity index (χ1n) is 7.01. The van der Waals surface area contributed by atoms with E-state index in [4.69, 9.17) is 39.6 Å². The molecule has 1 heterocycles. The molecule has 9 heteroatoms. The van der Waals surface area contributed by atoms with Crippen molar-refractivity contribution in [2.45, 2.75) is 18.2 Å². The second-order valence-electron chi connectivity index (χ2n) is 5.37. The van der Waals surface area contributed by atoms with E-state index >= 15 is 0 Å². The quantitative estimate of drug-likeness (QED) is 0.654. The molecule has 0 bridgehead atoms. The van der Waals surface area contributed by atoms with Crippen LogP contribution in [0.5, 0.6) is 0 Å². The first-order valence-corrected chi connectivity index (χ1v) is 8.14. The van der Waals surface area contributed by atoms with Crippen LogP contribution in [-0.4, -0.2) is 12.0 Å². The summed E-state index contributed by atoms with van der Waals surface area (Å²) in [5.41, 5.74) is -0.281. The molecule has 3 rings (SSSR count). The van der Waals surface area contributed by atoms with Crippen molar-refractivity contribution in [3.8, 4) is 0 Å². The Morgan fingerprint density at radius 1 is 1.04 bits per heavy atom. The summed E-state index contributed by atoms with van der Waals surface area (Å²) in [4.78, 5) is 9.08. The molecule has 25 heavy (non-hydrogen) atoms. The lowest BCUT2D eigenvalue weighted by atomic mass is 9.90. The third kappa shape index (κ3) is 3.58. The van der Waals surface area contributed by atoms with Gasteiger partial charge in [0.1, 0.15) is 5.84 Å². The van der Waals surface area contributed by atoms with Gasteiger partial charge in [0.15, 0.2) is 0 Å². The van der Waals surface area contributed by atoms with E-state index in [1.54, 1.807) is 24.3 Å². The molecule has 0 radical (unpaired) electrons. The molecule has 3 nitrogen and oxygen atoms in total. The summed E-state index contributed by atoms with van der Waals surface area (Å²) in [7, 11) is 0. The zero-order valence-electron chi connectivity index (χ0n) is 12.4. The Bertz CT molecular complexity index is 821. The van der Waals surface area contributed by atoms with Gasteiger partial charge in [-0.2, -0.15) is 13.2 Å². The predicted octanol–water partition coefficient (Wildman–Crippen LogP) is 6.06. The fourth-order valence-corrected chi connectivity index (χ4v) is 3.18. The van der Waals surface area contributed by atoms with Crippen molar-refractivity contribution in [1.82, 2.24) is 5.48 Å². The van der Waals surface area contributed by atoms with Crippen LogP contribution < -0.4 is 5.48 Å². The van der Waals surface area contributed by atoms with E-state index in [1.807, 2.05) is 0 Å². The summed E-state index contributed by atoms with van der Waals surface area (Å²) < 4.78 is 41.5. The van der Waals surface area contributed by atoms with Crippen molar-refractivity contribution < 1.29 is 18.0 Å². The largest absolute Gasteiger partial charge is 0.424 e. The normalized spacial score (nSPS) is 22.2. The molecule has 0 spiro atoms. The van der Waals surface area contributed by atoms with Gasteiger partial charge in [-0.1, -0.05) is 46.9 Å². The van der Waals surface area contributed by atoms with Crippen LogP contribution in [0.4, 0.5) is 18.9 Å². The summed E-state index contributed by atoms with van der Waals surface area (Å²) in [6.07, 6.45) is -5.30. The first-order chi connectivity index (χ1) is 11.7. The molecule has 1 fully saturated rings. The highest BCUT2D eigenvalue weighted by Crippen LogP contribution is 2.48. The summed E-state index contributed by atoms with van der Waals surface area (Å²) >= 11 is 17.7. The lowest BCUT2D eigenvalue weighted by molar-refractivity contribution is -0.282. The summed E-state index contributed by atoms with van der Waals surface area (Å²) in [5, 5.41) is 0.463. The average molecular weight is 410 g/mol. The van der Waals surface area contributed by atoms with E-state index in [2.05, 4.69) is 10.5 Å². The molecule has 2 aromatic carbocycles. The maximum atomic E-state index is 13.8. The van der Waals surface area contributed by atoms with Crippen LogP contribution in [-0.2, 0) is 10.4 Å². The Morgan fingerprint density at radius 3 is 2.28 bits per heavy atom. The number of amidine groups is 1. The van der Waals surface area contributed by atoms with Crippen LogP contribution in [0.15, 0.2) is 47.5 Å². The topological polar surface area (TPSA) is 33.6 Å². The predicted molar refractivity (Wildman–Crippen MR) is 91.6 cm³/mol. The van der Waals surface area contributed by atoms with Crippen LogP contribution in [0.3, 0.4) is 0 Å². The van der Waals surface area contributed by atoms with Gasteiger partial charge < -0.3 is 0 Å². The van der Waals surface area contributed by atoms with Gasteiger partial charge in [-0.25, -0.2) is 4.99 Å². The van der Waals surface area contributed by atoms with E-state index in [0.29, 0.717) is 10.7 Å². The number of benzene rings is 2. The Kier molecular flexibility index (Phi) is 4.90. The molecule has 1 saturated heterocycles. The average Bonchev–Trinajstić information content (AvgIpc) is 2.94. The molecule has 0 aromatic heterocycles. The van der Waals surface area contributed by atoms with E-state index in [-0.39, 0.29) is 21.4 Å². The van der Waals surface area contributed by atoms with Crippen molar-refractivity contribution in [3.63, 3.8) is 0 Å². The molecule has 1 N–H and O–H groups in total. The molecule has 1 unspecified atom stereocenters. The van der Waals surface area contributed by atoms with Crippen LogP contribution in [0.2, 0.25) is 15.1 Å². The lowest BCUT2D eigenvalue weighted by Crippen LogP contribution is -2.42. The minimum absolute atomic E-state index is 0.0125. The SMILES string of the molecule is FC(F)(F)C1(c2cc(Cl)cc(Cl)c2)CC(=Nc2ccccc2Cl)NO1. The van der Waals surface area contributed by atoms with E-state index in [0.717, 1.165) is 0 Å². The zero-order chi connectivity index (χ0) is 18.2. The minimum atomic E-state index is -4.73. The standard InChI is InChI=1S/C16H10Cl3F3N2O/c17-10-5-9(6-11(18)7-10)15(16(20,21)22)8-14(24-25-15)23-13-4-2-1-3-12(13)19/h1-7H,8H2,(H,23,24). The smallest absolute Gasteiger partial charge is 0.253 e. The van der Waals surface area contributed by atoms with Crippen LogP contribution in [0.1, 0.15) is 12.0 Å². The van der Waals surface area contributed by atoms with Gasteiger partial charge in [0.25, 0.3) is 0 Å². The number of aliphatic imine (C=N–C) groups is 1. The summed E-state index contributed by atoms with van der Waals surface area (Å²) in [6, 6.07) is 10.2. The molecule has 1 aliphatic heterocycles. The molecule has 0 amide bonds. The number of halogens is 6. The first kappa shape index (κ1) is 18.3. The number of nitrogens with one attached hydrogen (secondary N) is 1. The van der Waals surface area contributed by atoms with Crippen molar-refractivity contribution >= 4 is 46.3 Å². The second kappa shape index (κ2) is 6.68. The highest BCUT2D eigenvalue weighted by Gasteiger charge is 2.62. The van der Waals surface area contributed by atoms with Crippen molar-refractivity contribution in [2.24, 2.45) is 4.99 Å². The number of hydroxylamine groups is 1. The fourth-order valence-electron chi connectivity index (χ4n) is 2.47. The molecule has 1 atom stereocenters. The van der Waals surface area contributed by atoms with Crippen LogP contribution in [0.25, 0.3) is 0 Å². The van der Waals surface area contributed by atoms with Gasteiger partial charge in [-0.3, -0.25) is 10.3 Å². The number of para-hydroxylation sites is 1. The van der Waals surface area contributed by atoms with Gasteiger partial charge in [-0.05, 0) is 35.9 Å². The number of alkyl halides is 3. The van der Waals surface area contributed by atoms with E-state index in [1.165, 1.54) is 18.2 Å². The van der Waals surface area contributed by atoms with Crippen LogP contribution >= 0.6 is 34.8 Å². The van der Waals surface area contributed by atoms with Crippen LogP contribution in [0, 0.1) is 0 Å². The molecule has 0 aliphatic carbocycles. The Balaban J connectivity index is 2.04. The van der Waals surface area contributed by atoms with Crippen molar-refractivity contribution in [3.05, 3.63) is 63.1 Å². The summed E-state index contributed by atoms with van der Waals surface area (Å²) in [6.45, 7) is 0. The number of rotatable bonds is 2. The van der Waals surface area contributed by atoms with Gasteiger partial charge >= 0.3 is 6.18 Å². The van der Waals surface area contributed by atoms with Crippen molar-refractivity contribution in [2.75, 3.05) is 0 Å². The Labute approximate surface area is 156 Å². The third-order valence-corrected chi connectivity index (χ3v) is 4.41. The van der Waals surface area contributed by atoms with Gasteiger partial charge in [-0.15, -0.1) is 0 Å². The number of hydrogen-bond acceptors (Lipinski definition) is 2. The minimum Gasteiger partial charge on any atom is -0.253 e. The molecule has 1 aliphatic rings. The second-order valence-corrected chi connectivity index (χ2v) is 6.65. The molecule has 0 saturated carbocycles. The molecule has 132 valence electrons. The van der Waals surface area contributed by atoms with E-state index < -0.39 is 18.2 Å². The molecular weight excluding hydrogens is 400 g/mol. The number of hydrogen-bond donors (Lipinski definition) is 1. The van der Waals surface area contributed by atoms with E-state index in [9.17, 15) is 13.2 Å². The summed E-state index contributed by atoms with van der Waals surface area (Å²) in [5.74, 6) is -0.0125. The molecular formula is C16H10Cl3F3N2O. The Hall–Kier alpha value is -1.47. The monoisotopic (exact) mass is 408 g/mol. The maximum Gasteiger partial charge on any atom is 0.424 e. The number of nitrogens with zero attached hydrogens (tertiary/aromatic N) is 1. The highest BCUT2D eigenvalue weighted by molar-refractivity contribution is 6.34. The van der Waals surface area contributed by atoms with Gasteiger partial charge in [0.2, 0.25) is 5.60 Å². The lowest BCUT2D eigenvalue weighted by Gasteiger charge is -2.29. The fraction of sp³-hybridized carbons (Fsp3) is 0.188. The molecule has 2 aromatic rings. The maximum absolute atomic E-state index is 13.8. The highest BCUT2D eigenvalue weighted by atomic mass is 35.5. The van der Waals surface area contributed by atoms with Gasteiger partial charge in [0, 0.05) is 10.0 Å².